The Labute approximate surface area is 280 Å². The summed E-state index contributed by atoms with van der Waals surface area (Å²) in [6, 6.07) is 12.7. The van der Waals surface area contributed by atoms with Gasteiger partial charge in [0.2, 0.25) is 0 Å². The van der Waals surface area contributed by atoms with E-state index in [-0.39, 0.29) is 0 Å². The lowest BCUT2D eigenvalue weighted by molar-refractivity contribution is 0.112. The van der Waals surface area contributed by atoms with E-state index < -0.39 is 0 Å². The first-order valence-electron chi connectivity index (χ1n) is 16.6. The largest absolute Gasteiger partial charge is 0.496 e. The lowest BCUT2D eigenvalue weighted by Gasteiger charge is -2.38. The molecule has 6 heterocycles. The number of aldehydes is 1. The smallest absolute Gasteiger partial charge is 0.160 e. The van der Waals surface area contributed by atoms with Crippen LogP contribution in [-0.2, 0) is 25.7 Å². The molecule has 2 aromatic carbocycles. The van der Waals surface area contributed by atoms with Gasteiger partial charge in [0.15, 0.2) is 6.29 Å². The van der Waals surface area contributed by atoms with Crippen LogP contribution in [0.2, 0.25) is 0 Å². The third-order valence-corrected chi connectivity index (χ3v) is 11.4. The maximum atomic E-state index is 10.8. The summed E-state index contributed by atoms with van der Waals surface area (Å²) in [5.41, 5.74) is 11.0. The van der Waals surface area contributed by atoms with E-state index in [1.807, 2.05) is 19.2 Å². The average Bonchev–Trinajstić information content (AvgIpc) is 3.80. The van der Waals surface area contributed by atoms with Gasteiger partial charge in [-0.25, -0.2) is 0 Å². The van der Waals surface area contributed by atoms with E-state index in [0.29, 0.717) is 0 Å². The molecule has 0 N–H and O–H groups in total. The number of carbonyl (C=O) groups excluding carboxylic acids is 1. The molecule has 238 valence electrons. The molecule has 0 radical (unpaired) electrons. The normalized spacial score (nSPS) is 16.6. The van der Waals surface area contributed by atoms with E-state index in [1.165, 1.54) is 114 Å². The van der Waals surface area contributed by atoms with Gasteiger partial charge in [0.25, 0.3) is 0 Å². The number of nitrogens with zero attached hydrogens (tertiary/aromatic N) is 2. The Bertz CT molecular complexity index is 1760. The minimum Gasteiger partial charge on any atom is -0.496 e. The molecule has 0 saturated heterocycles. The molecule has 0 saturated carbocycles. The predicted octanol–water partition coefficient (Wildman–Crippen LogP) is 9.06. The van der Waals surface area contributed by atoms with E-state index in [4.69, 9.17) is 9.47 Å². The van der Waals surface area contributed by atoms with Gasteiger partial charge < -0.3 is 19.3 Å². The van der Waals surface area contributed by atoms with Gasteiger partial charge in [-0.2, -0.15) is 0 Å². The number of hydrogen-bond donors (Lipinski definition) is 0. The van der Waals surface area contributed by atoms with Crippen LogP contribution >= 0.6 is 22.7 Å². The molecule has 5 nitrogen and oxygen atoms in total. The Hall–Kier alpha value is -3.81. The number of rotatable bonds is 7. The highest BCUT2D eigenvalue weighted by Crippen LogP contribution is 2.44. The Morgan fingerprint density at radius 2 is 1.17 bits per heavy atom. The van der Waals surface area contributed by atoms with E-state index in [9.17, 15) is 4.79 Å². The third kappa shape index (κ3) is 6.15. The zero-order chi connectivity index (χ0) is 31.5. The molecule has 4 aliphatic heterocycles. The van der Waals surface area contributed by atoms with Crippen LogP contribution in [0, 0.1) is 0 Å². The molecule has 4 aromatic rings. The van der Waals surface area contributed by atoms with E-state index in [0.717, 1.165) is 52.4 Å². The minimum absolute atomic E-state index is 0.762. The molecule has 0 fully saturated rings. The Kier molecular flexibility index (Phi) is 9.31. The summed E-state index contributed by atoms with van der Waals surface area (Å²) >= 11 is 3.28. The van der Waals surface area contributed by atoms with Crippen molar-refractivity contribution in [3.8, 4) is 11.5 Å². The summed E-state index contributed by atoms with van der Waals surface area (Å²) in [5.74, 6) is 2.10. The predicted molar refractivity (Wildman–Crippen MR) is 196 cm³/mol. The Morgan fingerprint density at radius 1 is 0.652 bits per heavy atom. The van der Waals surface area contributed by atoms with Gasteiger partial charge in [-0.3, -0.25) is 4.79 Å². The fourth-order valence-electron chi connectivity index (χ4n) is 7.69. The second-order valence-corrected chi connectivity index (χ2v) is 14.5. The number of carbonyl (C=O) groups is 1. The minimum atomic E-state index is 0.762. The first-order valence-corrected chi connectivity index (χ1v) is 18.3. The molecule has 46 heavy (non-hydrogen) atoms. The van der Waals surface area contributed by atoms with Crippen LogP contribution in [-0.4, -0.2) is 46.7 Å². The summed E-state index contributed by atoms with van der Waals surface area (Å²) in [5, 5.41) is 2.12. The van der Waals surface area contributed by atoms with E-state index in [1.54, 1.807) is 18.4 Å². The van der Waals surface area contributed by atoms with Crippen molar-refractivity contribution in [1.29, 1.82) is 0 Å². The molecule has 8 rings (SSSR count). The topological polar surface area (TPSA) is 42.0 Å². The van der Waals surface area contributed by atoms with Gasteiger partial charge in [-0.1, -0.05) is 6.07 Å². The lowest BCUT2D eigenvalue weighted by Crippen LogP contribution is -2.34. The van der Waals surface area contributed by atoms with Crippen molar-refractivity contribution in [2.45, 2.75) is 51.4 Å². The van der Waals surface area contributed by atoms with Crippen molar-refractivity contribution in [2.24, 2.45) is 0 Å². The SMILES string of the molecule is COc1c(/C=C/c2ccc(C=O)s2)cc2c3c1CCCN3CCC2.COc1c(C=Cc2cccs2)cc2c3c1CCCN3CCC2. The quantitative estimate of drug-likeness (QED) is 0.187. The standard InChI is InChI=1S/C20H21NO2S.C19H21NOS/c1-23-20-15(6-7-16-8-9-17(13-22)24-16)12-14-4-2-10-21-11-3-5-18(20)19(14)21;1-21-19-15(8-9-16-6-4-12-22-16)13-14-5-2-10-20-11-3-7-17(19)18(14)20/h6-9,12-13H,2-5,10-11H2,1H3;4,6,8-9,12-13H,2-3,5,7,10-11H2,1H3/b7-6+;. The van der Waals surface area contributed by atoms with Gasteiger partial charge in [0, 0.05) is 69.6 Å². The number of ether oxygens (including phenoxy) is 2. The third-order valence-electron chi connectivity index (χ3n) is 9.57. The highest BCUT2D eigenvalue weighted by molar-refractivity contribution is 7.14. The van der Waals surface area contributed by atoms with E-state index >= 15 is 0 Å². The summed E-state index contributed by atoms with van der Waals surface area (Å²) in [6.45, 7) is 4.74. The maximum Gasteiger partial charge on any atom is 0.160 e. The number of methoxy groups -OCH3 is 2. The molecule has 4 aliphatic rings. The number of hydrogen-bond acceptors (Lipinski definition) is 7. The van der Waals surface area contributed by atoms with Crippen LogP contribution in [0.3, 0.4) is 0 Å². The molecule has 0 bridgehead atoms. The summed E-state index contributed by atoms with van der Waals surface area (Å²) < 4.78 is 11.6. The van der Waals surface area contributed by atoms with Gasteiger partial charge in [0.1, 0.15) is 11.5 Å². The first-order chi connectivity index (χ1) is 22.7. The van der Waals surface area contributed by atoms with Gasteiger partial charge in [-0.05, 0) is 123 Å². The van der Waals surface area contributed by atoms with Gasteiger partial charge in [0.05, 0.1) is 19.1 Å². The average molecular weight is 651 g/mol. The van der Waals surface area contributed by atoms with Crippen molar-refractivity contribution in [2.75, 3.05) is 50.2 Å². The molecule has 0 aliphatic carbocycles. The van der Waals surface area contributed by atoms with Crippen molar-refractivity contribution in [3.63, 3.8) is 0 Å². The number of aryl methyl sites for hydroxylation is 2. The van der Waals surface area contributed by atoms with Crippen molar-refractivity contribution in [3.05, 3.63) is 89.8 Å². The van der Waals surface area contributed by atoms with Crippen LogP contribution in [0.15, 0.2) is 41.8 Å². The zero-order valence-electron chi connectivity index (χ0n) is 26.8. The van der Waals surface area contributed by atoms with Crippen LogP contribution in [0.1, 0.15) is 78.5 Å². The molecule has 0 spiro atoms. The van der Waals surface area contributed by atoms with Crippen molar-refractivity contribution >= 4 is 64.6 Å². The first kappa shape index (κ1) is 30.8. The highest BCUT2D eigenvalue weighted by Gasteiger charge is 2.29. The monoisotopic (exact) mass is 650 g/mol. The van der Waals surface area contributed by atoms with E-state index in [2.05, 4.69) is 63.7 Å². The Morgan fingerprint density at radius 3 is 1.65 bits per heavy atom. The van der Waals surface area contributed by atoms with Crippen LogP contribution < -0.4 is 19.3 Å². The fourth-order valence-corrected chi connectivity index (χ4v) is 9.04. The summed E-state index contributed by atoms with van der Waals surface area (Å²) in [6.07, 6.45) is 19.1. The second-order valence-electron chi connectivity index (χ2n) is 12.4. The Balaban J connectivity index is 0.000000147. The molecule has 0 amide bonds. The maximum absolute atomic E-state index is 10.8. The molecule has 0 atom stereocenters. The van der Waals surface area contributed by atoms with Gasteiger partial charge in [-0.15, -0.1) is 22.7 Å². The van der Waals surface area contributed by atoms with Crippen LogP contribution in [0.5, 0.6) is 11.5 Å². The summed E-state index contributed by atoms with van der Waals surface area (Å²) in [4.78, 5) is 19.1. The molecule has 0 unspecified atom stereocenters. The molecular formula is C39H42N2O3S2. The van der Waals surface area contributed by atoms with Crippen molar-refractivity contribution in [1.82, 2.24) is 0 Å². The molecule has 7 heteroatoms. The summed E-state index contributed by atoms with van der Waals surface area (Å²) in [7, 11) is 3.58. The molecule has 2 aromatic heterocycles. The fraction of sp³-hybridized carbons (Fsp3) is 0.359. The van der Waals surface area contributed by atoms with Crippen LogP contribution in [0.25, 0.3) is 24.3 Å². The van der Waals surface area contributed by atoms with Crippen LogP contribution in [0.4, 0.5) is 11.4 Å². The van der Waals surface area contributed by atoms with Crippen molar-refractivity contribution < 1.29 is 14.3 Å². The lowest BCUT2D eigenvalue weighted by atomic mass is 9.89. The number of anilines is 2. The second kappa shape index (κ2) is 13.9. The zero-order valence-corrected chi connectivity index (χ0v) is 28.5. The number of thiophene rings is 2. The highest BCUT2D eigenvalue weighted by atomic mass is 32.1. The molecular weight excluding hydrogens is 609 g/mol. The number of benzene rings is 2. The van der Waals surface area contributed by atoms with Gasteiger partial charge >= 0.3 is 0 Å².